The lowest BCUT2D eigenvalue weighted by atomic mass is 10.0. The first-order valence-corrected chi connectivity index (χ1v) is 6.66. The average Bonchev–Trinajstić information content (AvgIpc) is 2.42. The van der Waals surface area contributed by atoms with Gasteiger partial charge in [-0.05, 0) is 36.2 Å². The molecule has 0 atom stereocenters. The standard InChI is InChI=1S/C16H18ClNO2/c1-10-4-6-12(14(17)8-10)11-5-7-15(18)13(9-11)16(19-2)20-3/h4-9,16H,18H2,1-3H3. The van der Waals surface area contributed by atoms with Crippen LogP contribution in [0.1, 0.15) is 17.4 Å². The van der Waals surface area contributed by atoms with E-state index in [4.69, 9.17) is 26.8 Å². The molecule has 0 radical (unpaired) electrons. The van der Waals surface area contributed by atoms with E-state index in [2.05, 4.69) is 0 Å². The van der Waals surface area contributed by atoms with Gasteiger partial charge in [0.05, 0.1) is 0 Å². The Morgan fingerprint density at radius 3 is 2.35 bits per heavy atom. The summed E-state index contributed by atoms with van der Waals surface area (Å²) in [5.74, 6) is 0. The third kappa shape index (κ3) is 2.96. The van der Waals surface area contributed by atoms with E-state index in [1.165, 1.54) is 0 Å². The number of anilines is 1. The van der Waals surface area contributed by atoms with Crippen LogP contribution >= 0.6 is 11.6 Å². The molecule has 0 unspecified atom stereocenters. The molecule has 20 heavy (non-hydrogen) atoms. The van der Waals surface area contributed by atoms with Crippen LogP contribution in [-0.4, -0.2) is 14.2 Å². The van der Waals surface area contributed by atoms with E-state index in [-0.39, 0.29) is 0 Å². The molecular formula is C16H18ClNO2. The summed E-state index contributed by atoms with van der Waals surface area (Å²) < 4.78 is 10.5. The van der Waals surface area contributed by atoms with Crippen LogP contribution < -0.4 is 5.73 Å². The third-order valence-electron chi connectivity index (χ3n) is 3.20. The molecule has 3 nitrogen and oxygen atoms in total. The molecule has 0 heterocycles. The second kappa shape index (κ2) is 6.27. The fourth-order valence-electron chi connectivity index (χ4n) is 2.15. The minimum absolute atomic E-state index is 0.487. The Morgan fingerprint density at radius 1 is 1.05 bits per heavy atom. The van der Waals surface area contributed by atoms with Crippen LogP contribution in [0, 0.1) is 6.92 Å². The van der Waals surface area contributed by atoms with Crippen molar-refractivity contribution in [3.8, 4) is 11.1 Å². The maximum atomic E-state index is 6.31. The normalized spacial score (nSPS) is 11.1. The Balaban J connectivity index is 2.50. The Bertz CT molecular complexity index is 609. The van der Waals surface area contributed by atoms with Crippen molar-refractivity contribution in [1.29, 1.82) is 0 Å². The molecule has 0 aliphatic carbocycles. The monoisotopic (exact) mass is 291 g/mol. The van der Waals surface area contributed by atoms with Crippen molar-refractivity contribution in [2.24, 2.45) is 0 Å². The minimum atomic E-state index is -0.487. The van der Waals surface area contributed by atoms with Gasteiger partial charge in [0.15, 0.2) is 6.29 Å². The van der Waals surface area contributed by atoms with Gasteiger partial charge in [0.1, 0.15) is 0 Å². The van der Waals surface area contributed by atoms with E-state index in [0.717, 1.165) is 22.3 Å². The molecule has 2 rings (SSSR count). The zero-order valence-electron chi connectivity index (χ0n) is 11.8. The highest BCUT2D eigenvalue weighted by atomic mass is 35.5. The molecule has 0 saturated heterocycles. The summed E-state index contributed by atoms with van der Waals surface area (Å²) >= 11 is 6.31. The molecule has 0 fully saturated rings. The van der Waals surface area contributed by atoms with E-state index in [1.54, 1.807) is 14.2 Å². The highest BCUT2D eigenvalue weighted by Crippen LogP contribution is 2.33. The summed E-state index contributed by atoms with van der Waals surface area (Å²) in [7, 11) is 3.16. The molecule has 2 aromatic rings. The third-order valence-corrected chi connectivity index (χ3v) is 3.52. The van der Waals surface area contributed by atoms with Gasteiger partial charge in [-0.2, -0.15) is 0 Å². The maximum Gasteiger partial charge on any atom is 0.185 e. The quantitative estimate of drug-likeness (QED) is 0.678. The highest BCUT2D eigenvalue weighted by molar-refractivity contribution is 6.33. The van der Waals surface area contributed by atoms with Gasteiger partial charge in [-0.15, -0.1) is 0 Å². The number of rotatable bonds is 4. The first-order valence-electron chi connectivity index (χ1n) is 6.28. The second-order valence-corrected chi connectivity index (χ2v) is 5.04. The number of halogens is 1. The van der Waals surface area contributed by atoms with E-state index in [9.17, 15) is 0 Å². The lowest BCUT2D eigenvalue weighted by Gasteiger charge is -2.17. The van der Waals surface area contributed by atoms with E-state index < -0.39 is 6.29 Å². The number of hydrogen-bond acceptors (Lipinski definition) is 3. The van der Waals surface area contributed by atoms with Crippen LogP contribution in [0.25, 0.3) is 11.1 Å². The van der Waals surface area contributed by atoms with Gasteiger partial charge in [0, 0.05) is 36.1 Å². The predicted molar refractivity (Wildman–Crippen MR) is 82.8 cm³/mol. The fourth-order valence-corrected chi connectivity index (χ4v) is 2.50. The van der Waals surface area contributed by atoms with Crippen molar-refractivity contribution in [2.75, 3.05) is 20.0 Å². The number of methoxy groups -OCH3 is 2. The van der Waals surface area contributed by atoms with Crippen molar-refractivity contribution in [1.82, 2.24) is 0 Å². The number of nitrogens with two attached hydrogens (primary N) is 1. The minimum Gasteiger partial charge on any atom is -0.398 e. The Morgan fingerprint density at radius 2 is 1.75 bits per heavy atom. The molecule has 0 aromatic heterocycles. The van der Waals surface area contributed by atoms with Crippen molar-refractivity contribution < 1.29 is 9.47 Å². The maximum absolute atomic E-state index is 6.31. The van der Waals surface area contributed by atoms with Crippen molar-refractivity contribution in [3.63, 3.8) is 0 Å². The Kier molecular flexibility index (Phi) is 4.65. The van der Waals surface area contributed by atoms with Gasteiger partial charge in [-0.1, -0.05) is 29.8 Å². The first-order chi connectivity index (χ1) is 9.56. The lowest BCUT2D eigenvalue weighted by molar-refractivity contribution is -0.105. The SMILES string of the molecule is COC(OC)c1cc(-c2ccc(C)cc2Cl)ccc1N. The molecule has 0 bridgehead atoms. The van der Waals surface area contributed by atoms with Crippen LogP contribution in [0.2, 0.25) is 5.02 Å². The summed E-state index contributed by atoms with van der Waals surface area (Å²) in [4.78, 5) is 0. The zero-order chi connectivity index (χ0) is 14.7. The molecular weight excluding hydrogens is 274 g/mol. The number of ether oxygens (including phenoxy) is 2. The summed E-state index contributed by atoms with van der Waals surface area (Å²) in [5.41, 5.74) is 10.5. The van der Waals surface area contributed by atoms with Gasteiger partial charge in [0.2, 0.25) is 0 Å². The van der Waals surface area contributed by atoms with Crippen LogP contribution in [0.15, 0.2) is 36.4 Å². The topological polar surface area (TPSA) is 44.5 Å². The number of hydrogen-bond donors (Lipinski definition) is 1. The molecule has 2 N–H and O–H groups in total. The predicted octanol–water partition coefficient (Wildman–Crippen LogP) is 4.19. The summed E-state index contributed by atoms with van der Waals surface area (Å²) in [5, 5.41) is 0.715. The second-order valence-electron chi connectivity index (χ2n) is 4.63. The molecule has 0 aliphatic rings. The van der Waals surface area contributed by atoms with E-state index >= 15 is 0 Å². The van der Waals surface area contributed by atoms with E-state index in [0.29, 0.717) is 10.7 Å². The Hall–Kier alpha value is -1.55. The van der Waals surface area contributed by atoms with Gasteiger partial charge in [-0.3, -0.25) is 0 Å². The number of nitrogen functional groups attached to an aromatic ring is 1. The number of aryl methyl sites for hydroxylation is 1. The molecule has 0 aliphatic heterocycles. The fraction of sp³-hybridized carbons (Fsp3) is 0.250. The van der Waals surface area contributed by atoms with Gasteiger partial charge in [0.25, 0.3) is 0 Å². The molecule has 0 spiro atoms. The summed E-state index contributed by atoms with van der Waals surface area (Å²) in [6.07, 6.45) is -0.487. The summed E-state index contributed by atoms with van der Waals surface area (Å²) in [6, 6.07) is 11.7. The molecule has 0 saturated carbocycles. The van der Waals surface area contributed by atoms with Gasteiger partial charge >= 0.3 is 0 Å². The first kappa shape index (κ1) is 14.9. The summed E-state index contributed by atoms with van der Waals surface area (Å²) in [6.45, 7) is 2.01. The van der Waals surface area contributed by atoms with Crippen molar-refractivity contribution in [2.45, 2.75) is 13.2 Å². The van der Waals surface area contributed by atoms with Crippen LogP contribution in [-0.2, 0) is 9.47 Å². The molecule has 106 valence electrons. The highest BCUT2D eigenvalue weighted by Gasteiger charge is 2.14. The largest absolute Gasteiger partial charge is 0.398 e. The van der Waals surface area contributed by atoms with Gasteiger partial charge < -0.3 is 15.2 Å². The van der Waals surface area contributed by atoms with Crippen LogP contribution in [0.5, 0.6) is 0 Å². The molecule has 2 aromatic carbocycles. The van der Waals surface area contributed by atoms with E-state index in [1.807, 2.05) is 43.3 Å². The van der Waals surface area contributed by atoms with Crippen LogP contribution in [0.4, 0.5) is 5.69 Å². The average molecular weight is 292 g/mol. The lowest BCUT2D eigenvalue weighted by Crippen LogP contribution is -2.07. The smallest absolute Gasteiger partial charge is 0.185 e. The Labute approximate surface area is 124 Å². The molecule has 4 heteroatoms. The van der Waals surface area contributed by atoms with Crippen molar-refractivity contribution in [3.05, 3.63) is 52.5 Å². The van der Waals surface area contributed by atoms with Crippen LogP contribution in [0.3, 0.4) is 0 Å². The molecule has 0 amide bonds. The van der Waals surface area contributed by atoms with Gasteiger partial charge in [-0.25, -0.2) is 0 Å². The number of benzene rings is 2. The van der Waals surface area contributed by atoms with Crippen molar-refractivity contribution >= 4 is 17.3 Å². The zero-order valence-corrected chi connectivity index (χ0v) is 12.6.